The van der Waals surface area contributed by atoms with Gasteiger partial charge in [-0.3, -0.25) is 19.0 Å². The predicted molar refractivity (Wildman–Crippen MR) is 182 cm³/mol. The van der Waals surface area contributed by atoms with Crippen LogP contribution in [0.15, 0.2) is 94.7 Å². The maximum Gasteiger partial charge on any atom is 0.261 e. The van der Waals surface area contributed by atoms with Gasteiger partial charge in [-0.2, -0.15) is 0 Å². The standard InChI is InChI=1S/C34H38N4O6S2/c1-23-9-19-31(25(3)21-23)37-45(41,42)29-15-11-27(12-16-29)35-33(39)7-5-6-8-34(40)36-28-13-17-30(18-14-28)46(43,44)38-32-20-10-24(2)22-26(32)4/h9-22,37-38H,5-8H2,1-4H3,(H,35,39)(H,36,40). The van der Waals surface area contributed by atoms with Gasteiger partial charge in [-0.15, -0.1) is 0 Å². The molecule has 4 aromatic rings. The van der Waals surface area contributed by atoms with Crippen molar-refractivity contribution in [3.63, 3.8) is 0 Å². The zero-order valence-corrected chi connectivity index (χ0v) is 27.8. The van der Waals surface area contributed by atoms with E-state index < -0.39 is 20.0 Å². The van der Waals surface area contributed by atoms with E-state index in [4.69, 9.17) is 0 Å². The zero-order valence-electron chi connectivity index (χ0n) is 26.2. The Morgan fingerprint density at radius 2 is 0.870 bits per heavy atom. The van der Waals surface area contributed by atoms with Crippen molar-refractivity contribution in [2.75, 3.05) is 20.1 Å². The van der Waals surface area contributed by atoms with E-state index in [-0.39, 0.29) is 34.4 Å². The smallest absolute Gasteiger partial charge is 0.261 e. The molecule has 0 aromatic heterocycles. The molecule has 2 amide bonds. The molecule has 4 rings (SSSR count). The van der Waals surface area contributed by atoms with Gasteiger partial charge in [-0.05, 0) is 112 Å². The fraction of sp³-hybridized carbons (Fsp3) is 0.235. The van der Waals surface area contributed by atoms with Gasteiger partial charge < -0.3 is 10.6 Å². The van der Waals surface area contributed by atoms with Gasteiger partial charge >= 0.3 is 0 Å². The number of nitrogens with one attached hydrogen (secondary N) is 4. The van der Waals surface area contributed by atoms with Crippen LogP contribution in [0.3, 0.4) is 0 Å². The number of rotatable bonds is 13. The molecule has 10 nitrogen and oxygen atoms in total. The summed E-state index contributed by atoms with van der Waals surface area (Å²) in [5.74, 6) is -0.508. The maximum absolute atomic E-state index is 12.8. The first-order chi connectivity index (χ1) is 21.7. The number of amides is 2. The van der Waals surface area contributed by atoms with Crippen LogP contribution in [0.1, 0.15) is 47.9 Å². The largest absolute Gasteiger partial charge is 0.326 e. The number of aryl methyl sites for hydroxylation is 4. The molecule has 46 heavy (non-hydrogen) atoms. The molecule has 0 aliphatic rings. The van der Waals surface area contributed by atoms with Gasteiger partial charge in [-0.1, -0.05) is 35.4 Å². The Morgan fingerprint density at radius 3 is 1.20 bits per heavy atom. The number of hydrogen-bond acceptors (Lipinski definition) is 6. The summed E-state index contributed by atoms with van der Waals surface area (Å²) in [6.07, 6.45) is 1.29. The van der Waals surface area contributed by atoms with Gasteiger partial charge in [0.05, 0.1) is 21.2 Å². The Labute approximate surface area is 270 Å². The lowest BCUT2D eigenvalue weighted by molar-refractivity contribution is -0.118. The van der Waals surface area contributed by atoms with Crippen LogP contribution in [-0.2, 0) is 29.6 Å². The second-order valence-electron chi connectivity index (χ2n) is 11.2. The molecule has 0 bridgehead atoms. The van der Waals surface area contributed by atoms with Crippen molar-refractivity contribution in [3.8, 4) is 0 Å². The number of hydrogen-bond donors (Lipinski definition) is 4. The normalized spacial score (nSPS) is 11.5. The van der Waals surface area contributed by atoms with E-state index in [9.17, 15) is 26.4 Å². The number of sulfonamides is 2. The zero-order chi connectivity index (χ0) is 33.5. The highest BCUT2D eigenvalue weighted by molar-refractivity contribution is 7.93. The molecule has 0 spiro atoms. The van der Waals surface area contributed by atoms with E-state index in [1.165, 1.54) is 48.5 Å². The van der Waals surface area contributed by atoms with Crippen LogP contribution < -0.4 is 20.1 Å². The highest BCUT2D eigenvalue weighted by Crippen LogP contribution is 2.23. The van der Waals surface area contributed by atoms with E-state index >= 15 is 0 Å². The van der Waals surface area contributed by atoms with Crippen LogP contribution >= 0.6 is 0 Å². The van der Waals surface area contributed by atoms with Crippen LogP contribution in [0.25, 0.3) is 0 Å². The van der Waals surface area contributed by atoms with Crippen molar-refractivity contribution in [3.05, 3.63) is 107 Å². The van der Waals surface area contributed by atoms with Crippen LogP contribution in [0, 0.1) is 27.7 Å². The summed E-state index contributed by atoms with van der Waals surface area (Å²) >= 11 is 0. The molecule has 0 saturated heterocycles. The van der Waals surface area contributed by atoms with Crippen LogP contribution in [0.2, 0.25) is 0 Å². The molecule has 4 N–H and O–H groups in total. The van der Waals surface area contributed by atoms with E-state index in [2.05, 4.69) is 20.1 Å². The lowest BCUT2D eigenvalue weighted by Crippen LogP contribution is -2.15. The van der Waals surface area contributed by atoms with Crippen LogP contribution in [-0.4, -0.2) is 28.6 Å². The van der Waals surface area contributed by atoms with Crippen LogP contribution in [0.5, 0.6) is 0 Å². The topological polar surface area (TPSA) is 151 Å². The van der Waals surface area contributed by atoms with Crippen LogP contribution in [0.4, 0.5) is 22.7 Å². The summed E-state index contributed by atoms with van der Waals surface area (Å²) in [5, 5.41) is 5.49. The average Bonchev–Trinajstić information content (AvgIpc) is 2.99. The second kappa shape index (κ2) is 14.6. The molecular formula is C34H38N4O6S2. The Balaban J connectivity index is 1.19. The summed E-state index contributed by atoms with van der Waals surface area (Å²) in [6.45, 7) is 7.53. The van der Waals surface area contributed by atoms with E-state index in [1.54, 1.807) is 12.1 Å². The fourth-order valence-electron chi connectivity index (χ4n) is 4.72. The summed E-state index contributed by atoms with van der Waals surface area (Å²) in [7, 11) is -7.59. The highest BCUT2D eigenvalue weighted by atomic mass is 32.2. The maximum atomic E-state index is 12.8. The number of carbonyl (C=O) groups is 2. The van der Waals surface area contributed by atoms with Crippen molar-refractivity contribution in [1.82, 2.24) is 0 Å². The minimum atomic E-state index is -3.80. The second-order valence-corrected chi connectivity index (χ2v) is 14.6. The molecule has 4 aromatic carbocycles. The predicted octanol–water partition coefficient (Wildman–Crippen LogP) is 6.66. The summed E-state index contributed by atoms with van der Waals surface area (Å²) in [5.41, 5.74) is 5.62. The molecule has 12 heteroatoms. The number of benzene rings is 4. The third kappa shape index (κ3) is 9.41. The average molecular weight is 663 g/mol. The lowest BCUT2D eigenvalue weighted by Gasteiger charge is -2.12. The van der Waals surface area contributed by atoms with E-state index in [0.717, 1.165) is 22.3 Å². The molecule has 0 saturated carbocycles. The molecule has 0 fully saturated rings. The van der Waals surface area contributed by atoms with E-state index in [1.807, 2.05) is 52.0 Å². The molecular weight excluding hydrogens is 625 g/mol. The number of unbranched alkanes of at least 4 members (excludes halogenated alkanes) is 1. The van der Waals surface area contributed by atoms with Gasteiger partial charge in [0.2, 0.25) is 11.8 Å². The Bertz CT molecular complexity index is 1800. The SMILES string of the molecule is Cc1ccc(NS(=O)(=O)c2ccc(NC(=O)CCCCC(=O)Nc3ccc(S(=O)(=O)Nc4ccc(C)cc4C)cc3)cc2)c(C)c1. The van der Waals surface area contributed by atoms with Crippen molar-refractivity contribution < 1.29 is 26.4 Å². The molecule has 0 unspecified atom stereocenters. The lowest BCUT2D eigenvalue weighted by atomic mass is 10.1. The van der Waals surface area contributed by atoms with E-state index in [0.29, 0.717) is 35.6 Å². The first-order valence-electron chi connectivity index (χ1n) is 14.7. The fourth-order valence-corrected chi connectivity index (χ4v) is 6.98. The highest BCUT2D eigenvalue weighted by Gasteiger charge is 2.17. The minimum absolute atomic E-state index is 0.0711. The van der Waals surface area contributed by atoms with Gasteiger partial charge in [0, 0.05) is 24.2 Å². The third-order valence-electron chi connectivity index (χ3n) is 7.21. The van der Waals surface area contributed by atoms with Gasteiger partial charge in [0.25, 0.3) is 20.0 Å². The summed E-state index contributed by atoms with van der Waals surface area (Å²) in [4.78, 5) is 24.9. The Hall–Kier alpha value is -4.68. The molecule has 0 atom stereocenters. The molecule has 242 valence electrons. The summed E-state index contributed by atoms with van der Waals surface area (Å²) in [6, 6.07) is 22.7. The van der Waals surface area contributed by atoms with Gasteiger partial charge in [0.15, 0.2) is 0 Å². The quantitative estimate of drug-likeness (QED) is 0.118. The molecule has 0 aliphatic carbocycles. The molecule has 0 aliphatic heterocycles. The Kier molecular flexibility index (Phi) is 10.9. The van der Waals surface area contributed by atoms with Gasteiger partial charge in [0.1, 0.15) is 0 Å². The summed E-state index contributed by atoms with van der Waals surface area (Å²) < 4.78 is 56.4. The van der Waals surface area contributed by atoms with Crippen molar-refractivity contribution in [1.29, 1.82) is 0 Å². The number of anilines is 4. The van der Waals surface area contributed by atoms with Crippen molar-refractivity contribution >= 4 is 54.6 Å². The molecule has 0 heterocycles. The third-order valence-corrected chi connectivity index (χ3v) is 9.97. The first-order valence-corrected chi connectivity index (χ1v) is 17.7. The monoisotopic (exact) mass is 662 g/mol. The first kappa shape index (κ1) is 34.2. The van der Waals surface area contributed by atoms with Gasteiger partial charge in [-0.25, -0.2) is 16.8 Å². The number of carbonyl (C=O) groups excluding carboxylic acids is 2. The minimum Gasteiger partial charge on any atom is -0.326 e. The molecule has 0 radical (unpaired) electrons. The van der Waals surface area contributed by atoms with Crippen molar-refractivity contribution in [2.24, 2.45) is 0 Å². The Morgan fingerprint density at radius 1 is 0.522 bits per heavy atom. The van der Waals surface area contributed by atoms with Crippen molar-refractivity contribution in [2.45, 2.75) is 63.2 Å².